The van der Waals surface area contributed by atoms with Gasteiger partial charge < -0.3 is 9.64 Å². The molecule has 0 amide bonds. The van der Waals surface area contributed by atoms with Gasteiger partial charge in [0, 0.05) is 18.9 Å². The zero-order valence-electron chi connectivity index (χ0n) is 13.9. The Morgan fingerprint density at radius 3 is 2.58 bits per heavy atom. The van der Waals surface area contributed by atoms with Crippen molar-refractivity contribution in [1.29, 1.82) is 0 Å². The van der Waals surface area contributed by atoms with E-state index in [1.54, 1.807) is 18.9 Å². The zero-order chi connectivity index (χ0) is 17.7. The minimum Gasteiger partial charge on any atom is -0.477 e. The van der Waals surface area contributed by atoms with Crippen molar-refractivity contribution in [3.63, 3.8) is 0 Å². The molecule has 0 aliphatic rings. The maximum Gasteiger partial charge on any atom is 0.423 e. The fraction of sp³-hybridized carbons (Fsp3) is 0.412. The van der Waals surface area contributed by atoms with Crippen LogP contribution in [0.2, 0.25) is 0 Å². The lowest BCUT2D eigenvalue weighted by Gasteiger charge is -2.20. The van der Waals surface area contributed by atoms with Gasteiger partial charge in [0.25, 0.3) is 0 Å². The number of rotatable bonds is 6. The van der Waals surface area contributed by atoms with Crippen LogP contribution in [0.15, 0.2) is 30.5 Å². The van der Waals surface area contributed by atoms with E-state index in [0.29, 0.717) is 0 Å². The lowest BCUT2D eigenvalue weighted by molar-refractivity contribution is -0.139. The van der Waals surface area contributed by atoms with Crippen LogP contribution in [0.1, 0.15) is 31.4 Å². The minimum atomic E-state index is -4.55. The number of aryl methyl sites for hydroxylation is 1. The maximum atomic E-state index is 13.0. The van der Waals surface area contributed by atoms with Gasteiger partial charge in [-0.25, -0.2) is 4.98 Å². The molecule has 2 aromatic rings. The average molecular weight is 339 g/mol. The summed E-state index contributed by atoms with van der Waals surface area (Å²) in [5.41, 5.74) is 0.989. The van der Waals surface area contributed by atoms with Gasteiger partial charge in [0.2, 0.25) is 11.8 Å². The predicted octanol–water partition coefficient (Wildman–Crippen LogP) is 4.61. The molecule has 2 rings (SSSR count). The van der Waals surface area contributed by atoms with Crippen LogP contribution in [-0.2, 0) is 12.6 Å². The first-order valence-electron chi connectivity index (χ1n) is 7.76. The molecule has 1 aromatic carbocycles. The Labute approximate surface area is 139 Å². The van der Waals surface area contributed by atoms with Crippen LogP contribution < -0.4 is 9.64 Å². The summed E-state index contributed by atoms with van der Waals surface area (Å²) < 4.78 is 44.0. The number of ether oxygens (including phenoxy) is 1. The number of nitrogens with zero attached hydrogens (tertiary/aromatic N) is 3. The molecule has 1 heterocycles. The van der Waals surface area contributed by atoms with Crippen LogP contribution in [-0.4, -0.2) is 23.6 Å². The van der Waals surface area contributed by atoms with E-state index in [1.165, 1.54) is 0 Å². The van der Waals surface area contributed by atoms with Crippen molar-refractivity contribution in [2.75, 3.05) is 18.6 Å². The highest BCUT2D eigenvalue weighted by Gasteiger charge is 2.36. The van der Waals surface area contributed by atoms with E-state index in [9.17, 15) is 13.2 Å². The molecule has 0 aliphatic heterocycles. The minimum absolute atomic E-state index is 0.0925. The van der Waals surface area contributed by atoms with Crippen molar-refractivity contribution in [2.45, 2.75) is 32.9 Å². The second kappa shape index (κ2) is 7.51. The highest BCUT2D eigenvalue weighted by Crippen LogP contribution is 2.36. The van der Waals surface area contributed by atoms with Crippen LogP contribution in [0.25, 0.3) is 0 Å². The molecule has 0 spiro atoms. The number of hydrogen-bond acceptors (Lipinski definition) is 4. The van der Waals surface area contributed by atoms with Gasteiger partial charge in [-0.15, -0.1) is 0 Å². The van der Waals surface area contributed by atoms with E-state index in [1.807, 2.05) is 24.3 Å². The summed E-state index contributed by atoms with van der Waals surface area (Å²) in [6, 6.07) is 7.76. The molecule has 0 bridgehead atoms. The fourth-order valence-corrected chi connectivity index (χ4v) is 2.28. The van der Waals surface area contributed by atoms with Crippen molar-refractivity contribution >= 4 is 11.6 Å². The second-order valence-electron chi connectivity index (χ2n) is 5.30. The summed E-state index contributed by atoms with van der Waals surface area (Å²) in [7, 11) is 1.71. The van der Waals surface area contributed by atoms with Crippen molar-refractivity contribution < 1.29 is 17.9 Å². The largest absolute Gasteiger partial charge is 0.477 e. The standard InChI is InChI=1S/C17H20F3N3O/c1-4-7-12-8-6-9-13(10-12)23(3)16-21-11-14(17(18,19)20)15(22-16)24-5-2/h6,8-11H,4-5,7H2,1-3H3. The fourth-order valence-electron chi connectivity index (χ4n) is 2.28. The number of benzene rings is 1. The molecule has 0 atom stereocenters. The third-order valence-corrected chi connectivity index (χ3v) is 3.46. The van der Waals surface area contributed by atoms with E-state index in [0.717, 1.165) is 30.3 Å². The Morgan fingerprint density at radius 2 is 1.96 bits per heavy atom. The van der Waals surface area contributed by atoms with Gasteiger partial charge in [-0.2, -0.15) is 18.2 Å². The summed E-state index contributed by atoms with van der Waals surface area (Å²) in [4.78, 5) is 9.45. The van der Waals surface area contributed by atoms with Gasteiger partial charge in [0.15, 0.2) is 0 Å². The first kappa shape index (κ1) is 18.0. The van der Waals surface area contributed by atoms with E-state index >= 15 is 0 Å². The Bertz CT molecular complexity index is 689. The van der Waals surface area contributed by atoms with Crippen molar-refractivity contribution in [1.82, 2.24) is 9.97 Å². The first-order chi connectivity index (χ1) is 11.4. The van der Waals surface area contributed by atoms with Gasteiger partial charge in [0.05, 0.1) is 6.61 Å². The molecule has 7 heteroatoms. The Hall–Kier alpha value is -2.31. The molecule has 130 valence electrons. The first-order valence-corrected chi connectivity index (χ1v) is 7.76. The molecule has 0 saturated carbocycles. The molecule has 0 unspecified atom stereocenters. The molecule has 0 fully saturated rings. The number of halogens is 3. The van der Waals surface area contributed by atoms with E-state index in [-0.39, 0.29) is 12.6 Å². The van der Waals surface area contributed by atoms with Gasteiger partial charge in [-0.05, 0) is 31.0 Å². The SMILES string of the molecule is CCCc1cccc(N(C)c2ncc(C(F)(F)F)c(OCC)n2)c1. The molecule has 1 aromatic heterocycles. The molecule has 4 nitrogen and oxygen atoms in total. The van der Waals surface area contributed by atoms with Crippen molar-refractivity contribution in [3.05, 3.63) is 41.6 Å². The molecule has 24 heavy (non-hydrogen) atoms. The summed E-state index contributed by atoms with van der Waals surface area (Å²) in [6.45, 7) is 3.79. The third kappa shape index (κ3) is 4.15. The summed E-state index contributed by atoms with van der Waals surface area (Å²) >= 11 is 0. The van der Waals surface area contributed by atoms with Crippen LogP contribution in [0.3, 0.4) is 0 Å². The maximum absolute atomic E-state index is 13.0. The average Bonchev–Trinajstić information content (AvgIpc) is 2.54. The summed E-state index contributed by atoms with van der Waals surface area (Å²) in [6.07, 6.45) is -1.85. The molecule has 0 saturated heterocycles. The van der Waals surface area contributed by atoms with E-state index < -0.39 is 17.6 Å². The molecule has 0 radical (unpaired) electrons. The lowest BCUT2D eigenvalue weighted by Crippen LogP contribution is -2.17. The van der Waals surface area contributed by atoms with Gasteiger partial charge >= 0.3 is 6.18 Å². The van der Waals surface area contributed by atoms with Crippen LogP contribution in [0, 0.1) is 0 Å². The third-order valence-electron chi connectivity index (χ3n) is 3.46. The van der Waals surface area contributed by atoms with Gasteiger partial charge in [-0.1, -0.05) is 25.5 Å². The molecule has 0 aliphatic carbocycles. The highest BCUT2D eigenvalue weighted by atomic mass is 19.4. The Kier molecular flexibility index (Phi) is 5.64. The second-order valence-corrected chi connectivity index (χ2v) is 5.30. The lowest BCUT2D eigenvalue weighted by atomic mass is 10.1. The summed E-state index contributed by atoms with van der Waals surface area (Å²) in [5, 5.41) is 0. The predicted molar refractivity (Wildman–Crippen MR) is 86.7 cm³/mol. The Balaban J connectivity index is 2.37. The topological polar surface area (TPSA) is 38.2 Å². The molecular formula is C17H20F3N3O. The van der Waals surface area contributed by atoms with Crippen LogP contribution in [0.4, 0.5) is 24.8 Å². The van der Waals surface area contributed by atoms with Crippen LogP contribution >= 0.6 is 0 Å². The van der Waals surface area contributed by atoms with Crippen molar-refractivity contribution in [3.8, 4) is 5.88 Å². The van der Waals surface area contributed by atoms with Gasteiger partial charge in [-0.3, -0.25) is 0 Å². The molecular weight excluding hydrogens is 319 g/mol. The quantitative estimate of drug-likeness (QED) is 0.770. The number of alkyl halides is 3. The number of anilines is 2. The highest BCUT2D eigenvalue weighted by molar-refractivity contribution is 5.58. The van der Waals surface area contributed by atoms with Gasteiger partial charge in [0.1, 0.15) is 5.56 Å². The Morgan fingerprint density at radius 1 is 1.21 bits per heavy atom. The van der Waals surface area contributed by atoms with Crippen molar-refractivity contribution in [2.24, 2.45) is 0 Å². The van der Waals surface area contributed by atoms with Crippen LogP contribution in [0.5, 0.6) is 5.88 Å². The van der Waals surface area contributed by atoms with E-state index in [4.69, 9.17) is 4.74 Å². The smallest absolute Gasteiger partial charge is 0.423 e. The summed E-state index contributed by atoms with van der Waals surface area (Å²) in [5.74, 6) is -0.299. The monoisotopic (exact) mass is 339 g/mol. The number of aromatic nitrogens is 2. The van der Waals surface area contributed by atoms with E-state index in [2.05, 4.69) is 16.9 Å². The normalized spacial score (nSPS) is 11.4. The molecule has 0 N–H and O–H groups in total. The zero-order valence-corrected chi connectivity index (χ0v) is 13.9. The number of hydrogen-bond donors (Lipinski definition) is 0.